The number of carbonyl (C=O) groups is 3. The van der Waals surface area contributed by atoms with Gasteiger partial charge >= 0.3 is 18.1 Å². The molecule has 0 fully saturated rings. The molecule has 0 rings (SSSR count). The summed E-state index contributed by atoms with van der Waals surface area (Å²) in [7, 11) is 0. The van der Waals surface area contributed by atoms with E-state index in [1.807, 2.05) is 0 Å². The van der Waals surface area contributed by atoms with Crippen molar-refractivity contribution >= 4 is 18.1 Å². The van der Waals surface area contributed by atoms with E-state index in [0.29, 0.717) is 0 Å². The van der Waals surface area contributed by atoms with Crippen LogP contribution in [0.1, 0.15) is 0 Å². The van der Waals surface area contributed by atoms with Crippen LogP contribution in [0, 0.1) is 0 Å². The van der Waals surface area contributed by atoms with Crippen molar-refractivity contribution in [1.82, 2.24) is 0 Å². The largest absolute Gasteiger partial charge is 0.578 e. The first kappa shape index (κ1) is 15.2. The van der Waals surface area contributed by atoms with Gasteiger partial charge in [-0.25, -0.2) is 19.4 Å². The first-order valence-corrected chi connectivity index (χ1v) is 3.88. The van der Waals surface area contributed by atoms with E-state index in [2.05, 4.69) is 42.8 Å². The Labute approximate surface area is 99.1 Å². The SMILES string of the molecule is C=C(N)C(=O)OOOC(=O)OOOC(=O)C(=C)N. The van der Waals surface area contributed by atoms with Gasteiger partial charge in [-0.2, -0.15) is 4.79 Å². The zero-order valence-electron chi connectivity index (χ0n) is 8.74. The van der Waals surface area contributed by atoms with E-state index in [4.69, 9.17) is 11.5 Å². The van der Waals surface area contributed by atoms with E-state index in [-0.39, 0.29) is 0 Å². The molecule has 0 amide bonds. The molecule has 0 bridgehead atoms. The Morgan fingerprint density at radius 1 is 0.722 bits per heavy atom. The number of hydrogen-bond acceptors (Lipinski definition) is 11. The van der Waals surface area contributed by atoms with Crippen LogP contribution in [0.4, 0.5) is 4.79 Å². The Kier molecular flexibility index (Phi) is 6.32. The molecule has 0 radical (unpaired) electrons. The average molecular weight is 264 g/mol. The second kappa shape index (κ2) is 7.48. The van der Waals surface area contributed by atoms with Gasteiger partial charge in [-0.1, -0.05) is 13.2 Å². The van der Waals surface area contributed by atoms with Crippen molar-refractivity contribution in [1.29, 1.82) is 0 Å². The minimum absolute atomic E-state index is 0.501. The lowest BCUT2D eigenvalue weighted by atomic mass is 10.5. The van der Waals surface area contributed by atoms with Crippen molar-refractivity contribution in [3.8, 4) is 0 Å². The van der Waals surface area contributed by atoms with Crippen LogP contribution in [-0.4, -0.2) is 18.1 Å². The number of carbonyl (C=O) groups excluding carboxylic acids is 3. The molecule has 0 unspecified atom stereocenters. The Bertz CT molecular complexity index is 343. The normalized spacial score (nSPS) is 8.89. The maximum absolute atomic E-state index is 10.6. The van der Waals surface area contributed by atoms with E-state index in [1.54, 1.807) is 0 Å². The molecule has 0 heterocycles. The monoisotopic (exact) mass is 264 g/mol. The number of hydrogen-bond donors (Lipinski definition) is 2. The lowest BCUT2D eigenvalue weighted by Gasteiger charge is -2.01. The van der Waals surface area contributed by atoms with Gasteiger partial charge in [0.15, 0.2) is 0 Å². The molecule has 4 N–H and O–H groups in total. The second-order valence-corrected chi connectivity index (χ2v) is 2.34. The van der Waals surface area contributed by atoms with Crippen molar-refractivity contribution < 1.29 is 44.0 Å². The van der Waals surface area contributed by atoms with Crippen molar-refractivity contribution in [2.24, 2.45) is 11.5 Å². The molecule has 0 aromatic carbocycles. The summed E-state index contributed by atoms with van der Waals surface area (Å²) in [6, 6.07) is 0. The smallest absolute Gasteiger partial charge is 0.393 e. The zero-order valence-corrected chi connectivity index (χ0v) is 8.74. The molecule has 0 atom stereocenters. The van der Waals surface area contributed by atoms with Gasteiger partial charge in [0.05, 0.1) is 10.1 Å². The standard InChI is InChI=1S/C7H8N2O9/c1-3(8)5(10)13-17-15-7(12)16-18-14-6(11)4(2)9/h1-2,8-9H2. The molecule has 0 aromatic rings. The molecule has 0 saturated carbocycles. The molecule has 0 aliphatic rings. The van der Waals surface area contributed by atoms with Crippen LogP contribution in [0.15, 0.2) is 24.6 Å². The second-order valence-electron chi connectivity index (χ2n) is 2.34. The quantitative estimate of drug-likeness (QED) is 0.339. The van der Waals surface area contributed by atoms with Crippen LogP contribution in [-0.2, 0) is 39.2 Å². The van der Waals surface area contributed by atoms with Crippen molar-refractivity contribution in [3.05, 3.63) is 24.6 Å². The van der Waals surface area contributed by atoms with Crippen LogP contribution in [0.5, 0.6) is 0 Å². The summed E-state index contributed by atoms with van der Waals surface area (Å²) in [4.78, 5) is 46.5. The van der Waals surface area contributed by atoms with E-state index < -0.39 is 29.5 Å². The number of nitrogens with two attached hydrogens (primary N) is 2. The molecular weight excluding hydrogens is 256 g/mol. The van der Waals surface area contributed by atoms with E-state index in [0.717, 1.165) is 0 Å². The summed E-state index contributed by atoms with van der Waals surface area (Å²) in [5.41, 5.74) is 8.74. The fourth-order valence-corrected chi connectivity index (χ4v) is 0.272. The Morgan fingerprint density at radius 2 is 1.06 bits per heavy atom. The third-order valence-corrected chi connectivity index (χ3v) is 0.948. The molecule has 0 saturated heterocycles. The third-order valence-electron chi connectivity index (χ3n) is 0.948. The molecule has 0 aromatic heterocycles. The first-order chi connectivity index (χ1) is 8.34. The predicted molar refractivity (Wildman–Crippen MR) is 48.6 cm³/mol. The van der Waals surface area contributed by atoms with Crippen molar-refractivity contribution in [3.63, 3.8) is 0 Å². The highest BCUT2D eigenvalue weighted by molar-refractivity contribution is 5.86. The molecule has 0 aliphatic heterocycles. The fraction of sp³-hybridized carbons (Fsp3) is 0. The van der Waals surface area contributed by atoms with Crippen LogP contribution in [0.25, 0.3) is 0 Å². The molecule has 0 aliphatic carbocycles. The molecular formula is C7H8N2O9. The fourth-order valence-electron chi connectivity index (χ4n) is 0.272. The summed E-state index contributed by atoms with van der Waals surface area (Å²) in [5, 5.41) is 7.19. The average Bonchev–Trinajstić information content (AvgIpc) is 2.28. The minimum atomic E-state index is -1.67. The summed E-state index contributed by atoms with van der Waals surface area (Å²) >= 11 is 0. The molecule has 18 heavy (non-hydrogen) atoms. The number of rotatable bonds is 6. The van der Waals surface area contributed by atoms with Crippen LogP contribution in [0.3, 0.4) is 0 Å². The van der Waals surface area contributed by atoms with Gasteiger partial charge in [0.1, 0.15) is 11.4 Å². The van der Waals surface area contributed by atoms with Crippen LogP contribution >= 0.6 is 0 Å². The topological polar surface area (TPSA) is 159 Å². The minimum Gasteiger partial charge on any atom is -0.393 e. The van der Waals surface area contributed by atoms with Gasteiger partial charge in [0.2, 0.25) is 0 Å². The predicted octanol–water partition coefficient (Wildman–Crippen LogP) is -1.14. The van der Waals surface area contributed by atoms with Gasteiger partial charge in [0.25, 0.3) is 0 Å². The Hall–Kier alpha value is -2.79. The molecule has 11 nitrogen and oxygen atoms in total. The molecule has 100 valence electrons. The lowest BCUT2D eigenvalue weighted by molar-refractivity contribution is -0.500. The highest BCUT2D eigenvalue weighted by Crippen LogP contribution is 1.94. The van der Waals surface area contributed by atoms with Crippen molar-refractivity contribution in [2.75, 3.05) is 0 Å². The van der Waals surface area contributed by atoms with Gasteiger partial charge in [-0.3, -0.25) is 9.78 Å². The summed E-state index contributed by atoms with van der Waals surface area (Å²) in [6.07, 6.45) is -1.67. The highest BCUT2D eigenvalue weighted by atomic mass is 17.6. The molecule has 11 heteroatoms. The molecule has 0 spiro atoms. The first-order valence-electron chi connectivity index (χ1n) is 3.88. The van der Waals surface area contributed by atoms with E-state index >= 15 is 0 Å². The summed E-state index contributed by atoms with van der Waals surface area (Å²) in [5.74, 6) is -2.40. The Balaban J connectivity index is 3.67. The van der Waals surface area contributed by atoms with Crippen LogP contribution in [0.2, 0.25) is 0 Å². The highest BCUT2D eigenvalue weighted by Gasteiger charge is 2.14. The zero-order chi connectivity index (χ0) is 14.1. The van der Waals surface area contributed by atoms with Crippen molar-refractivity contribution in [2.45, 2.75) is 0 Å². The Morgan fingerprint density at radius 3 is 1.33 bits per heavy atom. The maximum Gasteiger partial charge on any atom is 0.578 e. The lowest BCUT2D eigenvalue weighted by Crippen LogP contribution is -2.18. The summed E-state index contributed by atoms with van der Waals surface area (Å²) < 4.78 is 0. The van der Waals surface area contributed by atoms with E-state index in [1.165, 1.54) is 0 Å². The maximum atomic E-state index is 10.6. The van der Waals surface area contributed by atoms with Crippen LogP contribution < -0.4 is 11.5 Å². The third kappa shape index (κ3) is 6.65. The van der Waals surface area contributed by atoms with Gasteiger partial charge in [0, 0.05) is 0 Å². The van der Waals surface area contributed by atoms with Gasteiger partial charge in [-0.15, -0.1) is 0 Å². The summed E-state index contributed by atoms with van der Waals surface area (Å²) in [6.45, 7) is 5.98. The van der Waals surface area contributed by atoms with Gasteiger partial charge in [-0.05, 0) is 0 Å². The van der Waals surface area contributed by atoms with E-state index in [9.17, 15) is 14.4 Å². The van der Waals surface area contributed by atoms with Gasteiger partial charge < -0.3 is 11.5 Å².